The summed E-state index contributed by atoms with van der Waals surface area (Å²) < 4.78 is 0. The van der Waals surface area contributed by atoms with Crippen molar-refractivity contribution in [3.8, 4) is 0 Å². The lowest BCUT2D eigenvalue weighted by Crippen LogP contribution is -2.26. The maximum absolute atomic E-state index is 5.15. The van der Waals surface area contributed by atoms with Crippen LogP contribution in [0.2, 0.25) is 0 Å². The van der Waals surface area contributed by atoms with Gasteiger partial charge in [-0.3, -0.25) is 4.98 Å². The molecule has 2 rings (SSSR count). The number of rotatable bonds is 3. The number of hydrogen-bond donors (Lipinski definition) is 1. The maximum atomic E-state index is 5.15. The van der Waals surface area contributed by atoms with Crippen LogP contribution in [0.3, 0.4) is 0 Å². The molecule has 84 valence electrons. The van der Waals surface area contributed by atoms with Gasteiger partial charge in [0, 0.05) is 17.0 Å². The highest BCUT2D eigenvalue weighted by atomic mass is 16.6. The summed E-state index contributed by atoms with van der Waals surface area (Å²) in [6, 6.07) is 10.3. The highest BCUT2D eigenvalue weighted by Gasteiger charge is 2.20. The van der Waals surface area contributed by atoms with Crippen LogP contribution in [0.1, 0.15) is 19.4 Å². The minimum atomic E-state index is -0.0968. The summed E-state index contributed by atoms with van der Waals surface area (Å²) in [7, 11) is 0. The third kappa shape index (κ3) is 2.05. The zero-order chi connectivity index (χ0) is 11.6. The fourth-order valence-electron chi connectivity index (χ4n) is 1.78. The summed E-state index contributed by atoms with van der Waals surface area (Å²) in [5.41, 5.74) is 2.09. The zero-order valence-corrected chi connectivity index (χ0v) is 9.60. The van der Waals surface area contributed by atoms with Gasteiger partial charge in [0.2, 0.25) is 0 Å². The first-order valence-electron chi connectivity index (χ1n) is 5.30. The zero-order valence-electron chi connectivity index (χ0n) is 9.60. The molecule has 1 aromatic heterocycles. The summed E-state index contributed by atoms with van der Waals surface area (Å²) >= 11 is 0. The van der Waals surface area contributed by atoms with E-state index < -0.39 is 0 Å². The molecule has 0 aliphatic heterocycles. The van der Waals surface area contributed by atoms with Crippen molar-refractivity contribution in [3.05, 3.63) is 42.1 Å². The molecule has 1 heterocycles. The molecule has 16 heavy (non-hydrogen) atoms. The molecule has 0 radical (unpaired) electrons. The lowest BCUT2D eigenvalue weighted by Gasteiger charge is -2.23. The summed E-state index contributed by atoms with van der Waals surface area (Å²) in [6.07, 6.45) is 1.80. The van der Waals surface area contributed by atoms with E-state index in [1.54, 1.807) is 6.20 Å². The molecule has 3 nitrogen and oxygen atoms in total. The van der Waals surface area contributed by atoms with Crippen molar-refractivity contribution in [1.29, 1.82) is 0 Å². The van der Waals surface area contributed by atoms with Gasteiger partial charge >= 0.3 is 0 Å². The predicted octanol–water partition coefficient (Wildman–Crippen LogP) is 2.40. The van der Waals surface area contributed by atoms with Crippen molar-refractivity contribution in [1.82, 2.24) is 4.98 Å². The van der Waals surface area contributed by atoms with Crippen LogP contribution >= 0.6 is 0 Å². The lowest BCUT2D eigenvalue weighted by molar-refractivity contribution is 0.0965. The van der Waals surface area contributed by atoms with Crippen molar-refractivity contribution >= 4 is 10.9 Å². The standard InChI is InChI=1S/C13H16N2O/c1-13(2,9-16-14)11-6-5-10-4-3-7-15-12(10)8-11/h3-8H,9,14H2,1-2H3. The average Bonchev–Trinajstić information content (AvgIpc) is 2.28. The first-order chi connectivity index (χ1) is 7.63. The molecule has 0 unspecified atom stereocenters. The minimum absolute atomic E-state index is 0.0968. The van der Waals surface area contributed by atoms with Crippen LogP contribution in [-0.4, -0.2) is 11.6 Å². The molecular weight excluding hydrogens is 200 g/mol. The first kappa shape index (κ1) is 11.0. The molecular formula is C13H16N2O. The molecule has 0 amide bonds. The van der Waals surface area contributed by atoms with Crippen LogP contribution in [0.4, 0.5) is 0 Å². The molecule has 0 atom stereocenters. The van der Waals surface area contributed by atoms with E-state index in [1.807, 2.05) is 6.07 Å². The molecule has 0 aliphatic carbocycles. The second-order valence-corrected chi connectivity index (χ2v) is 4.61. The van der Waals surface area contributed by atoms with Crippen molar-refractivity contribution in [2.24, 2.45) is 5.90 Å². The van der Waals surface area contributed by atoms with E-state index in [1.165, 1.54) is 5.56 Å². The van der Waals surface area contributed by atoms with E-state index in [0.29, 0.717) is 6.61 Å². The van der Waals surface area contributed by atoms with Gasteiger partial charge in [-0.15, -0.1) is 0 Å². The number of nitrogens with two attached hydrogens (primary N) is 1. The van der Waals surface area contributed by atoms with Crippen LogP contribution < -0.4 is 5.90 Å². The minimum Gasteiger partial charge on any atom is -0.304 e. The molecule has 2 aromatic rings. The van der Waals surface area contributed by atoms with Crippen LogP contribution in [0, 0.1) is 0 Å². The Morgan fingerprint density at radius 3 is 2.88 bits per heavy atom. The Hall–Kier alpha value is -1.45. The van der Waals surface area contributed by atoms with Crippen molar-refractivity contribution in [2.45, 2.75) is 19.3 Å². The molecule has 0 saturated heterocycles. The van der Waals surface area contributed by atoms with Crippen molar-refractivity contribution in [2.75, 3.05) is 6.61 Å². The van der Waals surface area contributed by atoms with E-state index in [-0.39, 0.29) is 5.41 Å². The fourth-order valence-corrected chi connectivity index (χ4v) is 1.78. The second kappa shape index (κ2) is 4.20. The number of aromatic nitrogens is 1. The van der Waals surface area contributed by atoms with E-state index in [2.05, 4.69) is 43.1 Å². The van der Waals surface area contributed by atoms with Gasteiger partial charge in [-0.2, -0.15) is 0 Å². The Morgan fingerprint density at radius 1 is 1.31 bits per heavy atom. The first-order valence-corrected chi connectivity index (χ1v) is 5.30. The average molecular weight is 216 g/mol. The number of pyridine rings is 1. The highest BCUT2D eigenvalue weighted by molar-refractivity contribution is 5.79. The predicted molar refractivity (Wildman–Crippen MR) is 64.9 cm³/mol. The van der Waals surface area contributed by atoms with Crippen LogP contribution in [0.25, 0.3) is 10.9 Å². The monoisotopic (exact) mass is 216 g/mol. The quantitative estimate of drug-likeness (QED) is 0.801. The third-order valence-corrected chi connectivity index (χ3v) is 2.83. The van der Waals surface area contributed by atoms with Gasteiger partial charge in [-0.05, 0) is 17.7 Å². The third-order valence-electron chi connectivity index (χ3n) is 2.83. The van der Waals surface area contributed by atoms with Gasteiger partial charge in [0.1, 0.15) is 0 Å². The van der Waals surface area contributed by atoms with Gasteiger partial charge in [0.05, 0.1) is 12.1 Å². The largest absolute Gasteiger partial charge is 0.304 e. The molecule has 0 bridgehead atoms. The van der Waals surface area contributed by atoms with Gasteiger partial charge in [0.25, 0.3) is 0 Å². The van der Waals surface area contributed by atoms with Gasteiger partial charge < -0.3 is 4.84 Å². The summed E-state index contributed by atoms with van der Waals surface area (Å²) in [4.78, 5) is 9.10. The maximum Gasteiger partial charge on any atom is 0.0770 e. The summed E-state index contributed by atoms with van der Waals surface area (Å²) in [5, 5.41) is 1.15. The smallest absolute Gasteiger partial charge is 0.0770 e. The number of fused-ring (bicyclic) bond motifs is 1. The SMILES string of the molecule is CC(C)(CON)c1ccc2cccnc2c1. The molecule has 1 aromatic carbocycles. The summed E-state index contributed by atoms with van der Waals surface area (Å²) in [5.74, 6) is 5.15. The molecule has 0 saturated carbocycles. The second-order valence-electron chi connectivity index (χ2n) is 4.61. The Kier molecular flexibility index (Phi) is 2.90. The van der Waals surface area contributed by atoms with Crippen molar-refractivity contribution in [3.63, 3.8) is 0 Å². The van der Waals surface area contributed by atoms with E-state index in [9.17, 15) is 0 Å². The summed E-state index contributed by atoms with van der Waals surface area (Å²) in [6.45, 7) is 4.69. The van der Waals surface area contributed by atoms with Gasteiger partial charge in [-0.25, -0.2) is 5.90 Å². The molecule has 3 heteroatoms. The normalized spacial score (nSPS) is 11.9. The van der Waals surface area contributed by atoms with E-state index >= 15 is 0 Å². The topological polar surface area (TPSA) is 48.1 Å². The number of benzene rings is 1. The van der Waals surface area contributed by atoms with Crippen molar-refractivity contribution < 1.29 is 4.84 Å². The van der Waals surface area contributed by atoms with Crippen LogP contribution in [0.15, 0.2) is 36.5 Å². The van der Waals surface area contributed by atoms with Gasteiger partial charge in [-0.1, -0.05) is 32.0 Å². The van der Waals surface area contributed by atoms with Gasteiger partial charge in [0.15, 0.2) is 0 Å². The Labute approximate surface area is 95.2 Å². The molecule has 0 fully saturated rings. The van der Waals surface area contributed by atoms with Crippen LogP contribution in [0.5, 0.6) is 0 Å². The molecule has 0 spiro atoms. The number of hydrogen-bond acceptors (Lipinski definition) is 3. The van der Waals surface area contributed by atoms with Crippen LogP contribution in [-0.2, 0) is 10.3 Å². The Bertz CT molecular complexity index is 494. The Balaban J connectivity index is 2.46. The molecule has 0 aliphatic rings. The van der Waals surface area contributed by atoms with E-state index in [0.717, 1.165) is 10.9 Å². The Morgan fingerprint density at radius 2 is 2.12 bits per heavy atom. The number of nitrogens with zero attached hydrogens (tertiary/aromatic N) is 1. The highest BCUT2D eigenvalue weighted by Crippen LogP contribution is 2.25. The molecule has 2 N–H and O–H groups in total. The fraction of sp³-hybridized carbons (Fsp3) is 0.308. The van der Waals surface area contributed by atoms with E-state index in [4.69, 9.17) is 10.7 Å². The lowest BCUT2D eigenvalue weighted by atomic mass is 9.85.